The molecule has 0 radical (unpaired) electrons. The van der Waals surface area contributed by atoms with E-state index in [2.05, 4.69) is 62.9 Å². The SMILES string of the molecule is CN1C(=CC=C(C#N)C(=O)C=C2N(C)c3ccccc3C2(C)C)C(C)(C)c2ccccc21. The van der Waals surface area contributed by atoms with E-state index in [1.54, 1.807) is 12.2 Å². The zero-order valence-electron chi connectivity index (χ0n) is 19.6. The average Bonchev–Trinajstić information content (AvgIpc) is 3.09. The lowest BCUT2D eigenvalue weighted by Gasteiger charge is -2.24. The second kappa shape index (κ2) is 7.53. The molecular weight excluding hydrogens is 394 g/mol. The van der Waals surface area contributed by atoms with E-state index in [1.807, 2.05) is 49.3 Å². The van der Waals surface area contributed by atoms with Crippen molar-refractivity contribution in [2.45, 2.75) is 38.5 Å². The molecule has 0 aromatic heterocycles. The van der Waals surface area contributed by atoms with Gasteiger partial charge in [0.05, 0.1) is 5.57 Å². The molecule has 4 heteroatoms. The van der Waals surface area contributed by atoms with Crippen LogP contribution in [-0.2, 0) is 15.6 Å². The highest BCUT2D eigenvalue weighted by Crippen LogP contribution is 2.47. The van der Waals surface area contributed by atoms with Gasteiger partial charge < -0.3 is 9.80 Å². The van der Waals surface area contributed by atoms with E-state index in [1.165, 1.54) is 11.1 Å². The van der Waals surface area contributed by atoms with Gasteiger partial charge in [0.2, 0.25) is 0 Å². The van der Waals surface area contributed by atoms with Crippen molar-refractivity contribution in [2.24, 2.45) is 0 Å². The first-order valence-corrected chi connectivity index (χ1v) is 10.9. The lowest BCUT2D eigenvalue weighted by molar-refractivity contribution is -0.111. The molecule has 0 bridgehead atoms. The summed E-state index contributed by atoms with van der Waals surface area (Å²) >= 11 is 0. The Morgan fingerprint density at radius 3 is 1.81 bits per heavy atom. The molecule has 4 nitrogen and oxygen atoms in total. The van der Waals surface area contributed by atoms with E-state index in [0.717, 1.165) is 22.8 Å². The van der Waals surface area contributed by atoms with Gasteiger partial charge in [0, 0.05) is 53.8 Å². The number of hydrogen-bond acceptors (Lipinski definition) is 4. The lowest BCUT2D eigenvalue weighted by atomic mass is 9.83. The third-order valence-electron chi connectivity index (χ3n) is 6.94. The minimum Gasteiger partial charge on any atom is -0.347 e. The molecule has 0 atom stereocenters. The molecule has 2 aliphatic heterocycles. The molecule has 2 aliphatic rings. The molecule has 0 amide bonds. The second-order valence-corrected chi connectivity index (χ2v) is 9.54. The molecule has 0 unspecified atom stereocenters. The molecule has 0 spiro atoms. The lowest BCUT2D eigenvalue weighted by Crippen LogP contribution is -2.24. The van der Waals surface area contributed by atoms with E-state index < -0.39 is 0 Å². The average molecular weight is 424 g/mol. The van der Waals surface area contributed by atoms with Crippen molar-refractivity contribution in [3.05, 3.63) is 94.9 Å². The molecule has 32 heavy (non-hydrogen) atoms. The van der Waals surface area contributed by atoms with Crippen LogP contribution >= 0.6 is 0 Å². The van der Waals surface area contributed by atoms with Crippen molar-refractivity contribution >= 4 is 17.2 Å². The summed E-state index contributed by atoms with van der Waals surface area (Å²) < 4.78 is 0. The molecule has 2 aromatic rings. The normalized spacial score (nSPS) is 21.0. The summed E-state index contributed by atoms with van der Waals surface area (Å²) in [5.41, 5.74) is 6.21. The standard InChI is InChI=1S/C28H29N3O/c1-27(2)20-11-7-9-13-22(20)30(5)25(27)16-15-19(18-29)24(32)17-26-28(3,4)21-12-8-10-14-23(21)31(26)6/h7-17H,1-6H3. The molecule has 0 fully saturated rings. The largest absolute Gasteiger partial charge is 0.347 e. The van der Waals surface area contributed by atoms with Gasteiger partial charge in [-0.15, -0.1) is 0 Å². The van der Waals surface area contributed by atoms with Gasteiger partial charge in [-0.2, -0.15) is 5.26 Å². The highest BCUT2D eigenvalue weighted by Gasteiger charge is 2.39. The van der Waals surface area contributed by atoms with Gasteiger partial charge in [0.25, 0.3) is 0 Å². The predicted octanol–water partition coefficient (Wildman–Crippen LogP) is 5.63. The zero-order chi connectivity index (χ0) is 23.3. The van der Waals surface area contributed by atoms with Gasteiger partial charge >= 0.3 is 0 Å². The maximum Gasteiger partial charge on any atom is 0.198 e. The van der Waals surface area contributed by atoms with Gasteiger partial charge in [0.1, 0.15) is 6.07 Å². The fourth-order valence-corrected chi connectivity index (χ4v) is 5.10. The summed E-state index contributed by atoms with van der Waals surface area (Å²) in [6.07, 6.45) is 5.19. The Bertz CT molecular complexity index is 1240. The number of allylic oxidation sites excluding steroid dienone is 6. The van der Waals surface area contributed by atoms with E-state index in [9.17, 15) is 10.1 Å². The maximum atomic E-state index is 13.1. The van der Waals surface area contributed by atoms with Crippen LogP contribution in [0.2, 0.25) is 0 Å². The van der Waals surface area contributed by atoms with E-state index in [-0.39, 0.29) is 22.2 Å². The smallest absolute Gasteiger partial charge is 0.198 e. The number of carbonyl (C=O) groups excluding carboxylic acids is 1. The molecule has 2 heterocycles. The minimum atomic E-state index is -0.310. The highest BCUT2D eigenvalue weighted by atomic mass is 16.1. The molecule has 4 rings (SSSR count). The minimum absolute atomic E-state index is 0.130. The number of fused-ring (bicyclic) bond motifs is 2. The number of anilines is 2. The van der Waals surface area contributed by atoms with Gasteiger partial charge in [-0.1, -0.05) is 64.1 Å². The number of carbonyl (C=O) groups is 1. The van der Waals surface area contributed by atoms with E-state index in [4.69, 9.17) is 0 Å². The number of benzene rings is 2. The molecule has 0 N–H and O–H groups in total. The van der Waals surface area contributed by atoms with Gasteiger partial charge in [-0.3, -0.25) is 4.79 Å². The van der Waals surface area contributed by atoms with Crippen LogP contribution < -0.4 is 9.80 Å². The molecule has 2 aromatic carbocycles. The van der Waals surface area contributed by atoms with Crippen LogP contribution in [0.5, 0.6) is 0 Å². The monoisotopic (exact) mass is 423 g/mol. The van der Waals surface area contributed by atoms with E-state index in [0.29, 0.717) is 0 Å². The maximum absolute atomic E-state index is 13.1. The Kier molecular flexibility index (Phi) is 5.09. The Labute approximate surface area is 190 Å². The Balaban J connectivity index is 1.69. The first-order valence-electron chi connectivity index (χ1n) is 10.9. The Morgan fingerprint density at radius 1 is 0.844 bits per heavy atom. The summed E-state index contributed by atoms with van der Waals surface area (Å²) in [4.78, 5) is 17.3. The van der Waals surface area contributed by atoms with Crippen molar-refractivity contribution in [1.82, 2.24) is 0 Å². The number of para-hydroxylation sites is 2. The van der Waals surface area contributed by atoms with Crippen molar-refractivity contribution in [1.29, 1.82) is 5.26 Å². The summed E-state index contributed by atoms with van der Waals surface area (Å²) in [5, 5.41) is 9.76. The number of rotatable bonds is 3. The quantitative estimate of drug-likeness (QED) is 0.474. The van der Waals surface area contributed by atoms with Crippen molar-refractivity contribution in [3.8, 4) is 6.07 Å². The second-order valence-electron chi connectivity index (χ2n) is 9.54. The first-order chi connectivity index (χ1) is 15.1. The van der Waals surface area contributed by atoms with Crippen LogP contribution in [0.1, 0.15) is 38.8 Å². The summed E-state index contributed by atoms with van der Waals surface area (Å²) in [6, 6.07) is 18.6. The van der Waals surface area contributed by atoms with Crippen LogP contribution in [-0.4, -0.2) is 19.9 Å². The molecule has 0 aliphatic carbocycles. The third-order valence-corrected chi connectivity index (χ3v) is 6.94. The van der Waals surface area contributed by atoms with Gasteiger partial charge in [0.15, 0.2) is 5.78 Å². The molecular formula is C28H29N3O. The highest BCUT2D eigenvalue weighted by molar-refractivity contribution is 6.08. The van der Waals surface area contributed by atoms with Crippen molar-refractivity contribution < 1.29 is 4.79 Å². The van der Waals surface area contributed by atoms with Gasteiger partial charge in [-0.25, -0.2) is 0 Å². The van der Waals surface area contributed by atoms with Crippen LogP contribution in [0.4, 0.5) is 11.4 Å². The Morgan fingerprint density at radius 2 is 1.31 bits per heavy atom. The Hall–Kier alpha value is -3.58. The fraction of sp³-hybridized carbons (Fsp3) is 0.286. The summed E-state index contributed by atoms with van der Waals surface area (Å²) in [7, 11) is 3.99. The van der Waals surface area contributed by atoms with Crippen LogP contribution in [0, 0.1) is 11.3 Å². The summed E-state index contributed by atoms with van der Waals surface area (Å²) in [5.74, 6) is -0.275. The molecule has 0 saturated heterocycles. The molecule has 162 valence electrons. The molecule has 0 saturated carbocycles. The number of nitriles is 1. The van der Waals surface area contributed by atoms with Crippen molar-refractivity contribution in [3.63, 3.8) is 0 Å². The first kappa shape index (κ1) is 21.6. The zero-order valence-corrected chi connectivity index (χ0v) is 19.6. The summed E-state index contributed by atoms with van der Waals surface area (Å²) in [6.45, 7) is 8.55. The number of nitrogens with zero attached hydrogens (tertiary/aromatic N) is 3. The predicted molar refractivity (Wildman–Crippen MR) is 131 cm³/mol. The van der Waals surface area contributed by atoms with Crippen LogP contribution in [0.3, 0.4) is 0 Å². The topological polar surface area (TPSA) is 47.3 Å². The van der Waals surface area contributed by atoms with Crippen molar-refractivity contribution in [2.75, 3.05) is 23.9 Å². The number of likely N-dealkylation sites (N-methyl/N-ethyl adjacent to an activating group) is 2. The van der Waals surface area contributed by atoms with Crippen LogP contribution in [0.25, 0.3) is 0 Å². The third kappa shape index (κ3) is 3.17. The number of ketones is 1. The van der Waals surface area contributed by atoms with E-state index >= 15 is 0 Å². The van der Waals surface area contributed by atoms with Gasteiger partial charge in [-0.05, 0) is 35.4 Å². The number of hydrogen-bond donors (Lipinski definition) is 0. The fourth-order valence-electron chi connectivity index (χ4n) is 5.10. The van der Waals surface area contributed by atoms with Crippen LogP contribution in [0.15, 0.2) is 83.7 Å².